The van der Waals surface area contributed by atoms with Gasteiger partial charge in [0.15, 0.2) is 0 Å². The Bertz CT molecular complexity index is 681. The average Bonchev–Trinajstić information content (AvgIpc) is 2.56. The third kappa shape index (κ3) is 6.17. The van der Waals surface area contributed by atoms with Gasteiger partial charge in [0, 0.05) is 19.1 Å². The molecule has 26 heavy (non-hydrogen) atoms. The van der Waals surface area contributed by atoms with Crippen molar-refractivity contribution >= 4 is 34.0 Å². The lowest BCUT2D eigenvalue weighted by atomic mass is 9.80. The van der Waals surface area contributed by atoms with Crippen LogP contribution in [0.25, 0.3) is 0 Å². The monoisotopic (exact) mass is 434 g/mol. The summed E-state index contributed by atoms with van der Waals surface area (Å²) in [6, 6.07) is 3.38. The number of sulfonamides is 1. The van der Waals surface area contributed by atoms with E-state index in [-0.39, 0.29) is 40.0 Å². The second-order valence-corrected chi connectivity index (χ2v) is 8.15. The van der Waals surface area contributed by atoms with E-state index in [2.05, 4.69) is 14.8 Å². The van der Waals surface area contributed by atoms with Gasteiger partial charge in [0.2, 0.25) is 10.0 Å². The summed E-state index contributed by atoms with van der Waals surface area (Å²) in [7, 11) is -2.25. The molecule has 0 unspecified atom stereocenters. The van der Waals surface area contributed by atoms with Crippen LogP contribution in [-0.2, 0) is 14.8 Å². The maximum absolute atomic E-state index is 12.5. The number of alkyl halides is 2. The molecule has 0 aliphatic carbocycles. The van der Waals surface area contributed by atoms with Crippen LogP contribution in [0.15, 0.2) is 23.1 Å². The molecule has 1 aromatic rings. The molecule has 0 aromatic heterocycles. The third-order valence-corrected chi connectivity index (χ3v) is 5.88. The van der Waals surface area contributed by atoms with E-state index < -0.39 is 16.6 Å². The normalized spacial score (nSPS) is 17.0. The molecule has 0 saturated carbocycles. The molecule has 11 heteroatoms. The van der Waals surface area contributed by atoms with Crippen LogP contribution in [0.4, 0.5) is 8.78 Å². The van der Waals surface area contributed by atoms with Crippen molar-refractivity contribution in [2.75, 3.05) is 33.4 Å². The summed E-state index contributed by atoms with van der Waals surface area (Å²) in [4.78, 5) is -0.111. The van der Waals surface area contributed by atoms with Crippen molar-refractivity contribution in [2.24, 2.45) is 5.41 Å². The van der Waals surface area contributed by atoms with Crippen LogP contribution in [0.5, 0.6) is 5.75 Å². The zero-order valence-electron chi connectivity index (χ0n) is 14.1. The first kappa shape index (κ1) is 23.3. The highest BCUT2D eigenvalue weighted by atomic mass is 35.5. The van der Waals surface area contributed by atoms with Crippen molar-refractivity contribution in [1.82, 2.24) is 10.0 Å². The Balaban J connectivity index is 0.00000338. The highest BCUT2D eigenvalue weighted by molar-refractivity contribution is 7.89. The van der Waals surface area contributed by atoms with Crippen molar-refractivity contribution in [2.45, 2.75) is 24.3 Å². The van der Waals surface area contributed by atoms with Gasteiger partial charge in [-0.15, -0.1) is 12.4 Å². The van der Waals surface area contributed by atoms with Gasteiger partial charge in [-0.3, -0.25) is 0 Å². The number of benzene rings is 1. The maximum Gasteiger partial charge on any atom is 0.387 e. The van der Waals surface area contributed by atoms with Gasteiger partial charge in [-0.05, 0) is 44.1 Å². The third-order valence-electron chi connectivity index (χ3n) is 4.18. The minimum atomic E-state index is -3.84. The zero-order chi connectivity index (χ0) is 18.5. The highest BCUT2D eigenvalue weighted by Crippen LogP contribution is 2.31. The molecule has 1 fully saturated rings. The Morgan fingerprint density at radius 1 is 1.35 bits per heavy atom. The Kier molecular flexibility index (Phi) is 8.98. The fraction of sp³-hybridized carbons (Fsp3) is 0.600. The highest BCUT2D eigenvalue weighted by Gasteiger charge is 2.33. The van der Waals surface area contributed by atoms with Crippen LogP contribution in [0, 0.1) is 5.41 Å². The molecule has 0 spiro atoms. The maximum atomic E-state index is 12.5. The first-order valence-corrected chi connectivity index (χ1v) is 9.58. The summed E-state index contributed by atoms with van der Waals surface area (Å²) >= 11 is 5.83. The van der Waals surface area contributed by atoms with Gasteiger partial charge in [-0.1, -0.05) is 11.6 Å². The number of rotatable bonds is 8. The average molecular weight is 435 g/mol. The molecule has 0 atom stereocenters. The first-order valence-electron chi connectivity index (χ1n) is 7.72. The number of hydrogen-bond donors (Lipinski definition) is 2. The molecule has 0 bridgehead atoms. The first-order chi connectivity index (χ1) is 11.8. The molecular formula is C15H22Cl2F2N2O4S. The summed E-state index contributed by atoms with van der Waals surface area (Å²) in [6.07, 6.45) is 1.57. The molecule has 1 aliphatic heterocycles. The quantitative estimate of drug-likeness (QED) is 0.657. The lowest BCUT2D eigenvalue weighted by Crippen LogP contribution is -2.47. The summed E-state index contributed by atoms with van der Waals surface area (Å²) in [5.41, 5.74) is -0.282. The fourth-order valence-corrected chi connectivity index (χ4v) is 4.28. The summed E-state index contributed by atoms with van der Waals surface area (Å²) in [5.74, 6) is -0.273. The lowest BCUT2D eigenvalue weighted by Gasteiger charge is -2.37. The van der Waals surface area contributed by atoms with Crippen molar-refractivity contribution < 1.29 is 26.7 Å². The number of nitrogens with one attached hydrogen (secondary N) is 2. The second-order valence-electron chi connectivity index (χ2n) is 5.98. The fourth-order valence-electron chi connectivity index (χ4n) is 2.81. The summed E-state index contributed by atoms with van der Waals surface area (Å²) in [6.45, 7) is -0.795. The molecule has 1 aliphatic rings. The Morgan fingerprint density at radius 2 is 2.00 bits per heavy atom. The van der Waals surface area contributed by atoms with Crippen molar-refractivity contribution in [3.8, 4) is 5.75 Å². The van der Waals surface area contributed by atoms with Crippen molar-refractivity contribution in [3.63, 3.8) is 0 Å². The van der Waals surface area contributed by atoms with E-state index in [1.54, 1.807) is 7.11 Å². The van der Waals surface area contributed by atoms with Crippen LogP contribution in [0.3, 0.4) is 0 Å². The summed E-state index contributed by atoms with van der Waals surface area (Å²) in [5, 5.41) is 3.03. The van der Waals surface area contributed by atoms with Crippen LogP contribution in [-0.4, -0.2) is 48.4 Å². The van der Waals surface area contributed by atoms with Gasteiger partial charge in [0.25, 0.3) is 0 Å². The van der Waals surface area contributed by atoms with Crippen LogP contribution >= 0.6 is 24.0 Å². The molecule has 2 rings (SSSR count). The predicted molar refractivity (Wildman–Crippen MR) is 96.9 cm³/mol. The molecular weight excluding hydrogens is 413 g/mol. The van der Waals surface area contributed by atoms with Gasteiger partial charge in [-0.25, -0.2) is 13.1 Å². The standard InChI is InChI=1S/C15H21ClF2N2O4S.ClH/c1-23-10-15(4-6-19-7-5-15)9-20-25(21,22)11-2-3-13(12(16)8-11)24-14(17)18;/h2-3,8,14,19-20H,4-7,9-10H2,1H3;1H. The number of piperidine rings is 1. The minimum Gasteiger partial charge on any atom is -0.433 e. The molecule has 6 nitrogen and oxygen atoms in total. The number of hydrogen-bond acceptors (Lipinski definition) is 5. The topological polar surface area (TPSA) is 76.7 Å². The Labute approximate surface area is 163 Å². The molecule has 1 heterocycles. The Morgan fingerprint density at radius 3 is 2.54 bits per heavy atom. The molecule has 0 radical (unpaired) electrons. The number of methoxy groups -OCH3 is 1. The van der Waals surface area contributed by atoms with E-state index in [1.165, 1.54) is 6.07 Å². The Hall–Kier alpha value is -0.710. The zero-order valence-corrected chi connectivity index (χ0v) is 16.5. The van der Waals surface area contributed by atoms with Gasteiger partial charge < -0.3 is 14.8 Å². The van der Waals surface area contributed by atoms with Crippen LogP contribution in [0.2, 0.25) is 5.02 Å². The largest absolute Gasteiger partial charge is 0.433 e. The van der Waals surface area contributed by atoms with Crippen molar-refractivity contribution in [1.29, 1.82) is 0 Å². The molecule has 0 amide bonds. The van der Waals surface area contributed by atoms with E-state index in [9.17, 15) is 17.2 Å². The van der Waals surface area contributed by atoms with Gasteiger partial charge in [0.1, 0.15) is 5.75 Å². The predicted octanol–water partition coefficient (Wildman–Crippen LogP) is 2.66. The van der Waals surface area contributed by atoms with Gasteiger partial charge in [0.05, 0.1) is 16.5 Å². The van der Waals surface area contributed by atoms with E-state index in [1.807, 2.05) is 0 Å². The number of ether oxygens (including phenoxy) is 2. The summed E-state index contributed by atoms with van der Waals surface area (Å²) < 4.78 is 61.5. The van der Waals surface area contributed by atoms with Gasteiger partial charge in [-0.2, -0.15) is 8.78 Å². The smallest absolute Gasteiger partial charge is 0.387 e. The minimum absolute atomic E-state index is 0. The SMILES string of the molecule is COCC1(CNS(=O)(=O)c2ccc(OC(F)F)c(Cl)c2)CCNCC1.Cl. The lowest BCUT2D eigenvalue weighted by molar-refractivity contribution is -0.0498. The van der Waals surface area contributed by atoms with E-state index in [0.717, 1.165) is 38.1 Å². The van der Waals surface area contributed by atoms with Crippen LogP contribution < -0.4 is 14.8 Å². The van der Waals surface area contributed by atoms with E-state index in [4.69, 9.17) is 16.3 Å². The molecule has 150 valence electrons. The van der Waals surface area contributed by atoms with Gasteiger partial charge >= 0.3 is 6.61 Å². The van der Waals surface area contributed by atoms with Crippen LogP contribution in [0.1, 0.15) is 12.8 Å². The second kappa shape index (κ2) is 10.0. The van der Waals surface area contributed by atoms with E-state index in [0.29, 0.717) is 6.61 Å². The number of halogens is 4. The molecule has 2 N–H and O–H groups in total. The molecule has 1 aromatic carbocycles. The molecule has 1 saturated heterocycles. The van der Waals surface area contributed by atoms with E-state index >= 15 is 0 Å². The van der Waals surface area contributed by atoms with Crippen molar-refractivity contribution in [3.05, 3.63) is 23.2 Å².